The van der Waals surface area contributed by atoms with Crippen molar-refractivity contribution in [2.45, 2.75) is 6.54 Å². The lowest BCUT2D eigenvalue weighted by Crippen LogP contribution is -2.29. The Morgan fingerprint density at radius 2 is 2.12 bits per heavy atom. The topological polar surface area (TPSA) is 58.2 Å². The molecule has 0 radical (unpaired) electrons. The van der Waals surface area contributed by atoms with Crippen LogP contribution in [0.25, 0.3) is 0 Å². The zero-order chi connectivity index (χ0) is 12.1. The van der Waals surface area contributed by atoms with Gasteiger partial charge in [0.1, 0.15) is 5.75 Å². The Morgan fingerprint density at radius 1 is 1.35 bits per heavy atom. The lowest BCUT2D eigenvalue weighted by atomic mass is 10.3. The molecule has 0 aliphatic rings. The molecule has 0 bridgehead atoms. The Hall–Kier alpha value is -2.30. The summed E-state index contributed by atoms with van der Waals surface area (Å²) in [5.74, 6) is 0.536. The summed E-state index contributed by atoms with van der Waals surface area (Å²) in [4.78, 5) is 13.2. The molecule has 0 saturated carbocycles. The number of nitrogens with zero attached hydrogens (tertiary/aromatic N) is 2. The van der Waals surface area contributed by atoms with E-state index >= 15 is 0 Å². The van der Waals surface area contributed by atoms with E-state index in [1.165, 1.54) is 4.90 Å². The maximum absolute atomic E-state index is 11.7. The molecular weight excluding hydrogens is 218 g/mol. The molecule has 0 aliphatic carbocycles. The lowest BCUT2D eigenvalue weighted by molar-refractivity contribution is 0.160. The number of benzene rings is 1. The van der Waals surface area contributed by atoms with E-state index < -0.39 is 6.09 Å². The van der Waals surface area contributed by atoms with Crippen molar-refractivity contribution in [1.82, 2.24) is 15.1 Å². The zero-order valence-electron chi connectivity index (χ0n) is 9.46. The van der Waals surface area contributed by atoms with Gasteiger partial charge in [-0.3, -0.25) is 5.10 Å². The molecule has 0 fully saturated rings. The predicted molar refractivity (Wildman–Crippen MR) is 62.5 cm³/mol. The van der Waals surface area contributed by atoms with Gasteiger partial charge in [0.15, 0.2) is 0 Å². The number of H-pyrrole nitrogens is 1. The minimum atomic E-state index is -0.397. The van der Waals surface area contributed by atoms with Crippen molar-refractivity contribution in [3.8, 4) is 5.75 Å². The molecule has 17 heavy (non-hydrogen) atoms. The lowest BCUT2D eigenvalue weighted by Gasteiger charge is -2.15. The molecule has 1 heterocycles. The van der Waals surface area contributed by atoms with E-state index in [4.69, 9.17) is 4.74 Å². The molecule has 0 aliphatic heterocycles. The minimum absolute atomic E-state index is 0.397. The average Bonchev–Trinajstić information content (AvgIpc) is 2.83. The third-order valence-corrected chi connectivity index (χ3v) is 2.23. The van der Waals surface area contributed by atoms with Crippen LogP contribution < -0.4 is 4.74 Å². The van der Waals surface area contributed by atoms with Gasteiger partial charge in [-0.15, -0.1) is 0 Å². The van der Waals surface area contributed by atoms with Crippen LogP contribution in [0.4, 0.5) is 4.79 Å². The normalized spacial score (nSPS) is 9.94. The van der Waals surface area contributed by atoms with Crippen LogP contribution in [0, 0.1) is 0 Å². The van der Waals surface area contributed by atoms with E-state index in [1.807, 2.05) is 24.3 Å². The first-order chi connectivity index (χ1) is 8.25. The maximum Gasteiger partial charge on any atom is 0.415 e. The second kappa shape index (κ2) is 5.16. The van der Waals surface area contributed by atoms with Gasteiger partial charge in [-0.05, 0) is 18.2 Å². The van der Waals surface area contributed by atoms with Crippen LogP contribution in [0.5, 0.6) is 5.75 Å². The number of rotatable bonds is 3. The Labute approximate surface area is 99.0 Å². The first-order valence-corrected chi connectivity index (χ1v) is 5.22. The fourth-order valence-corrected chi connectivity index (χ4v) is 1.36. The summed E-state index contributed by atoms with van der Waals surface area (Å²) in [5, 5.41) is 6.60. The first-order valence-electron chi connectivity index (χ1n) is 5.22. The van der Waals surface area contributed by atoms with Gasteiger partial charge in [0.2, 0.25) is 0 Å². The van der Waals surface area contributed by atoms with Crippen LogP contribution in [0.1, 0.15) is 5.69 Å². The number of nitrogens with one attached hydrogen (secondary N) is 1. The van der Waals surface area contributed by atoms with E-state index in [1.54, 1.807) is 25.4 Å². The summed E-state index contributed by atoms with van der Waals surface area (Å²) >= 11 is 0. The third kappa shape index (κ3) is 3.07. The Balaban J connectivity index is 1.92. The number of carbonyl (C=O) groups is 1. The molecule has 0 unspecified atom stereocenters. The molecule has 0 saturated heterocycles. The molecule has 5 nitrogen and oxygen atoms in total. The second-order valence-electron chi connectivity index (χ2n) is 3.62. The number of aromatic nitrogens is 2. The van der Waals surface area contributed by atoms with E-state index in [9.17, 15) is 4.79 Å². The molecule has 0 atom stereocenters. The van der Waals surface area contributed by atoms with E-state index in [-0.39, 0.29) is 0 Å². The van der Waals surface area contributed by atoms with E-state index in [0.717, 1.165) is 5.69 Å². The summed E-state index contributed by atoms with van der Waals surface area (Å²) in [7, 11) is 1.67. The highest BCUT2D eigenvalue weighted by atomic mass is 16.6. The highest BCUT2D eigenvalue weighted by Gasteiger charge is 2.11. The van der Waals surface area contributed by atoms with Gasteiger partial charge in [0, 0.05) is 13.2 Å². The molecule has 1 N–H and O–H groups in total. The van der Waals surface area contributed by atoms with Crippen LogP contribution >= 0.6 is 0 Å². The summed E-state index contributed by atoms with van der Waals surface area (Å²) in [6.45, 7) is 0.436. The van der Waals surface area contributed by atoms with Crippen LogP contribution in [0.15, 0.2) is 42.6 Å². The van der Waals surface area contributed by atoms with Gasteiger partial charge in [0.05, 0.1) is 12.2 Å². The number of carbonyl (C=O) groups excluding carboxylic acids is 1. The van der Waals surface area contributed by atoms with Crippen molar-refractivity contribution >= 4 is 6.09 Å². The molecular formula is C12H13N3O2. The molecule has 88 valence electrons. The molecule has 2 rings (SSSR count). The molecule has 0 spiro atoms. The highest BCUT2D eigenvalue weighted by molar-refractivity contribution is 5.70. The number of hydrogen-bond acceptors (Lipinski definition) is 3. The molecule has 2 aromatic rings. The fourth-order valence-electron chi connectivity index (χ4n) is 1.36. The largest absolute Gasteiger partial charge is 0.415 e. The quantitative estimate of drug-likeness (QED) is 0.879. The second-order valence-corrected chi connectivity index (χ2v) is 3.62. The van der Waals surface area contributed by atoms with Gasteiger partial charge in [0.25, 0.3) is 0 Å². The molecule has 1 aromatic heterocycles. The SMILES string of the molecule is CN(Cc1ccn[nH]1)C(=O)Oc1ccccc1. The standard InChI is InChI=1S/C12H13N3O2/c1-15(9-10-7-8-13-14-10)12(16)17-11-5-3-2-4-6-11/h2-8H,9H2,1H3,(H,13,14). The van der Waals surface area contributed by atoms with Crippen molar-refractivity contribution in [2.24, 2.45) is 0 Å². The Bertz CT molecular complexity index is 468. The van der Waals surface area contributed by atoms with E-state index in [0.29, 0.717) is 12.3 Å². The summed E-state index contributed by atoms with van der Waals surface area (Å²) in [5.41, 5.74) is 0.859. The number of hydrogen-bond donors (Lipinski definition) is 1. The average molecular weight is 231 g/mol. The highest BCUT2D eigenvalue weighted by Crippen LogP contribution is 2.10. The van der Waals surface area contributed by atoms with Crippen molar-refractivity contribution in [2.75, 3.05) is 7.05 Å². The number of amides is 1. The number of aromatic amines is 1. The molecule has 1 amide bonds. The van der Waals surface area contributed by atoms with Crippen molar-refractivity contribution in [3.05, 3.63) is 48.3 Å². The Kier molecular flexibility index (Phi) is 3.40. The summed E-state index contributed by atoms with van der Waals surface area (Å²) < 4.78 is 5.18. The van der Waals surface area contributed by atoms with Crippen LogP contribution in [-0.2, 0) is 6.54 Å². The zero-order valence-corrected chi connectivity index (χ0v) is 9.46. The van der Waals surface area contributed by atoms with Crippen LogP contribution in [-0.4, -0.2) is 28.2 Å². The summed E-state index contributed by atoms with van der Waals surface area (Å²) in [6, 6.07) is 10.8. The number of para-hydroxylation sites is 1. The smallest absolute Gasteiger partial charge is 0.410 e. The van der Waals surface area contributed by atoms with Crippen LogP contribution in [0.3, 0.4) is 0 Å². The van der Waals surface area contributed by atoms with Crippen molar-refractivity contribution in [1.29, 1.82) is 0 Å². The first kappa shape index (κ1) is 11.2. The summed E-state index contributed by atoms with van der Waals surface area (Å²) in [6.07, 6.45) is 1.25. The van der Waals surface area contributed by atoms with Gasteiger partial charge in [-0.2, -0.15) is 5.10 Å². The van der Waals surface area contributed by atoms with Crippen molar-refractivity contribution < 1.29 is 9.53 Å². The molecule has 1 aromatic carbocycles. The predicted octanol–water partition coefficient (Wildman–Crippen LogP) is 2.04. The maximum atomic E-state index is 11.7. The van der Waals surface area contributed by atoms with Gasteiger partial charge < -0.3 is 9.64 Å². The fraction of sp³-hybridized carbons (Fsp3) is 0.167. The van der Waals surface area contributed by atoms with Gasteiger partial charge in [-0.25, -0.2) is 4.79 Å². The van der Waals surface area contributed by atoms with Gasteiger partial charge >= 0.3 is 6.09 Å². The monoisotopic (exact) mass is 231 g/mol. The van der Waals surface area contributed by atoms with Gasteiger partial charge in [-0.1, -0.05) is 18.2 Å². The number of ether oxygens (including phenoxy) is 1. The van der Waals surface area contributed by atoms with E-state index in [2.05, 4.69) is 10.2 Å². The Morgan fingerprint density at radius 3 is 2.76 bits per heavy atom. The molecule has 5 heteroatoms. The van der Waals surface area contributed by atoms with Crippen LogP contribution in [0.2, 0.25) is 0 Å². The van der Waals surface area contributed by atoms with Crippen molar-refractivity contribution in [3.63, 3.8) is 0 Å². The minimum Gasteiger partial charge on any atom is -0.410 e. The third-order valence-electron chi connectivity index (χ3n) is 2.23.